The maximum Gasteiger partial charge on any atom is 0.416 e. The Morgan fingerprint density at radius 2 is 1.30 bits per heavy atom. The van der Waals surface area contributed by atoms with Gasteiger partial charge in [0.05, 0.1) is 11.1 Å². The molecule has 0 aliphatic heterocycles. The number of aromatic nitrogens is 1. The van der Waals surface area contributed by atoms with Crippen molar-refractivity contribution in [1.29, 1.82) is 0 Å². The minimum absolute atomic E-state index is 0.191. The lowest BCUT2D eigenvalue weighted by Crippen LogP contribution is -2.05. The molecule has 0 radical (unpaired) electrons. The zero-order chi connectivity index (χ0) is 27.2. The first-order valence-electron chi connectivity index (χ1n) is 10.4. The Balaban J connectivity index is 0.000000213. The molecular weight excluding hydrogens is 543 g/mol. The maximum atomic E-state index is 12.5. The third kappa shape index (κ3) is 8.11. The topological polar surface area (TPSA) is 42.4 Å². The van der Waals surface area contributed by atoms with Crippen LogP contribution in [0.25, 0.3) is 0 Å². The smallest absolute Gasteiger partial charge is 0.416 e. The van der Waals surface area contributed by atoms with E-state index in [1.807, 2.05) is 0 Å². The molecule has 37 heavy (non-hydrogen) atoms. The van der Waals surface area contributed by atoms with Crippen LogP contribution in [0.4, 0.5) is 26.3 Å². The Kier molecular flexibility index (Phi) is 9.07. The fourth-order valence-electron chi connectivity index (χ4n) is 3.05. The minimum atomic E-state index is -4.55. The van der Waals surface area contributed by atoms with Gasteiger partial charge in [-0.05, 0) is 54.6 Å². The third-order valence-electron chi connectivity index (χ3n) is 4.82. The number of aliphatic hydroxyl groups excluding tert-OH is 1. The number of alkyl halides is 6. The molecular formula is C26H17Cl2F6NO2. The van der Waals surface area contributed by atoms with E-state index in [-0.39, 0.29) is 11.5 Å². The molecule has 1 unspecified atom stereocenters. The van der Waals surface area contributed by atoms with E-state index in [4.69, 9.17) is 27.9 Å². The number of rotatable bonds is 4. The van der Waals surface area contributed by atoms with Crippen molar-refractivity contribution in [2.45, 2.75) is 18.5 Å². The molecule has 194 valence electrons. The van der Waals surface area contributed by atoms with Crippen LogP contribution in [0.2, 0.25) is 10.0 Å². The molecule has 11 heteroatoms. The van der Waals surface area contributed by atoms with Crippen LogP contribution in [0.15, 0.2) is 91.3 Å². The average molecular weight is 560 g/mol. The van der Waals surface area contributed by atoms with Crippen molar-refractivity contribution < 1.29 is 36.2 Å². The van der Waals surface area contributed by atoms with Gasteiger partial charge in [-0.3, -0.25) is 4.98 Å². The highest BCUT2D eigenvalue weighted by Gasteiger charge is 2.32. The van der Waals surface area contributed by atoms with Gasteiger partial charge < -0.3 is 9.84 Å². The summed E-state index contributed by atoms with van der Waals surface area (Å²) in [6, 6.07) is 16.4. The SMILES string of the molecule is FC(F)(F)c1cccc(Oc2cccc(C(F)(F)F)c2)c1.OC(c1cccnc1)c1ccc(Cl)cc1Cl. The van der Waals surface area contributed by atoms with E-state index in [1.54, 1.807) is 42.7 Å². The largest absolute Gasteiger partial charge is 0.457 e. The molecule has 1 aromatic heterocycles. The second kappa shape index (κ2) is 11.9. The highest BCUT2D eigenvalue weighted by molar-refractivity contribution is 6.35. The van der Waals surface area contributed by atoms with Crippen molar-refractivity contribution in [2.75, 3.05) is 0 Å². The molecule has 0 fully saturated rings. The van der Waals surface area contributed by atoms with Crippen LogP contribution in [0.3, 0.4) is 0 Å². The molecule has 0 aliphatic carbocycles. The zero-order valence-corrected chi connectivity index (χ0v) is 20.1. The van der Waals surface area contributed by atoms with E-state index in [0.29, 0.717) is 21.2 Å². The van der Waals surface area contributed by atoms with Crippen molar-refractivity contribution in [3.63, 3.8) is 0 Å². The molecule has 4 rings (SSSR count). The first-order chi connectivity index (χ1) is 17.3. The molecule has 0 saturated heterocycles. The van der Waals surface area contributed by atoms with E-state index < -0.39 is 29.6 Å². The maximum absolute atomic E-state index is 12.5. The number of aliphatic hydroxyl groups is 1. The van der Waals surface area contributed by atoms with Gasteiger partial charge in [-0.15, -0.1) is 0 Å². The van der Waals surface area contributed by atoms with Crippen LogP contribution in [-0.2, 0) is 12.4 Å². The lowest BCUT2D eigenvalue weighted by Gasteiger charge is -2.12. The number of halogens is 8. The Bertz CT molecular complexity index is 1280. The first-order valence-corrected chi connectivity index (χ1v) is 11.2. The van der Waals surface area contributed by atoms with E-state index in [2.05, 4.69) is 4.98 Å². The lowest BCUT2D eigenvalue weighted by atomic mass is 10.0. The molecule has 0 spiro atoms. The summed E-state index contributed by atoms with van der Waals surface area (Å²) in [6.45, 7) is 0. The van der Waals surface area contributed by atoms with Gasteiger partial charge in [0.25, 0.3) is 0 Å². The van der Waals surface area contributed by atoms with Gasteiger partial charge in [-0.1, -0.05) is 47.5 Å². The fraction of sp³-hybridized carbons (Fsp3) is 0.115. The van der Waals surface area contributed by atoms with E-state index in [1.165, 1.54) is 12.1 Å². The van der Waals surface area contributed by atoms with Crippen LogP contribution < -0.4 is 4.74 Å². The molecule has 0 saturated carbocycles. The number of hydrogen-bond acceptors (Lipinski definition) is 3. The Labute approximate surface area is 217 Å². The Morgan fingerprint density at radius 3 is 1.76 bits per heavy atom. The molecule has 1 N–H and O–H groups in total. The molecule has 0 bridgehead atoms. The molecule has 1 heterocycles. The summed E-state index contributed by atoms with van der Waals surface area (Å²) < 4.78 is 80.2. The summed E-state index contributed by atoms with van der Waals surface area (Å²) in [6.07, 6.45) is -6.62. The number of nitrogens with zero attached hydrogens (tertiary/aromatic N) is 1. The number of benzene rings is 3. The van der Waals surface area contributed by atoms with Crippen LogP contribution in [0.1, 0.15) is 28.4 Å². The van der Waals surface area contributed by atoms with Crippen molar-refractivity contribution in [2.24, 2.45) is 0 Å². The van der Waals surface area contributed by atoms with Gasteiger partial charge in [-0.2, -0.15) is 26.3 Å². The quantitative estimate of drug-likeness (QED) is 0.254. The molecule has 0 amide bonds. The van der Waals surface area contributed by atoms with Gasteiger partial charge in [0, 0.05) is 33.6 Å². The molecule has 3 aromatic carbocycles. The van der Waals surface area contributed by atoms with Gasteiger partial charge >= 0.3 is 12.4 Å². The lowest BCUT2D eigenvalue weighted by molar-refractivity contribution is -0.138. The van der Waals surface area contributed by atoms with Crippen LogP contribution in [0.5, 0.6) is 11.5 Å². The summed E-state index contributed by atoms with van der Waals surface area (Å²) in [5.41, 5.74) is -0.551. The van der Waals surface area contributed by atoms with Crippen molar-refractivity contribution in [3.05, 3.63) is 124 Å². The minimum Gasteiger partial charge on any atom is -0.457 e. The average Bonchev–Trinajstić information content (AvgIpc) is 2.84. The summed E-state index contributed by atoms with van der Waals surface area (Å²) in [5.74, 6) is -0.381. The van der Waals surface area contributed by atoms with E-state index in [9.17, 15) is 31.4 Å². The van der Waals surface area contributed by atoms with Gasteiger partial charge in [-0.25, -0.2) is 0 Å². The second-order valence-electron chi connectivity index (χ2n) is 7.51. The predicted octanol–water partition coefficient (Wildman–Crippen LogP) is 8.99. The number of hydrogen-bond donors (Lipinski definition) is 1. The van der Waals surface area contributed by atoms with E-state index >= 15 is 0 Å². The van der Waals surface area contributed by atoms with Crippen LogP contribution in [-0.4, -0.2) is 10.1 Å². The summed E-state index contributed by atoms with van der Waals surface area (Å²) in [4.78, 5) is 3.95. The summed E-state index contributed by atoms with van der Waals surface area (Å²) in [5, 5.41) is 11.1. The van der Waals surface area contributed by atoms with Crippen molar-refractivity contribution in [1.82, 2.24) is 4.98 Å². The van der Waals surface area contributed by atoms with Gasteiger partial charge in [0.15, 0.2) is 0 Å². The zero-order valence-electron chi connectivity index (χ0n) is 18.6. The highest BCUT2D eigenvalue weighted by atomic mass is 35.5. The van der Waals surface area contributed by atoms with Gasteiger partial charge in [0.1, 0.15) is 17.6 Å². The molecule has 3 nitrogen and oxygen atoms in total. The standard InChI is InChI=1S/C14H8F6O.C12H9Cl2NO/c15-13(16,17)9-3-1-5-11(7-9)21-12-6-2-4-10(8-12)14(18,19)20;13-9-3-4-10(11(14)6-9)12(16)8-2-1-5-15-7-8/h1-8H;1-7,12,16H. The fourth-order valence-corrected chi connectivity index (χ4v) is 3.56. The predicted molar refractivity (Wildman–Crippen MR) is 128 cm³/mol. The summed E-state index contributed by atoms with van der Waals surface area (Å²) in [7, 11) is 0. The monoisotopic (exact) mass is 559 g/mol. The van der Waals surface area contributed by atoms with Crippen molar-refractivity contribution >= 4 is 23.2 Å². The molecule has 0 aliphatic rings. The Hall–Kier alpha value is -3.27. The van der Waals surface area contributed by atoms with Crippen molar-refractivity contribution in [3.8, 4) is 11.5 Å². The molecule has 4 aromatic rings. The number of pyridine rings is 1. The Morgan fingerprint density at radius 1 is 0.730 bits per heavy atom. The number of ether oxygens (including phenoxy) is 1. The highest BCUT2D eigenvalue weighted by Crippen LogP contribution is 2.35. The van der Waals surface area contributed by atoms with Crippen LogP contribution >= 0.6 is 23.2 Å². The second-order valence-corrected chi connectivity index (χ2v) is 8.35. The third-order valence-corrected chi connectivity index (χ3v) is 5.38. The molecule has 1 atom stereocenters. The summed E-state index contributed by atoms with van der Waals surface area (Å²) >= 11 is 11.8. The van der Waals surface area contributed by atoms with E-state index in [0.717, 1.165) is 36.4 Å². The first kappa shape index (κ1) is 28.3. The van der Waals surface area contributed by atoms with Gasteiger partial charge in [0.2, 0.25) is 0 Å². The van der Waals surface area contributed by atoms with Crippen LogP contribution in [0, 0.1) is 0 Å². The normalized spacial score (nSPS) is 12.4.